The monoisotopic (exact) mass is 331 g/mol. The number of rotatable bonds is 8. The third-order valence-electron chi connectivity index (χ3n) is 4.37. The van der Waals surface area contributed by atoms with Gasteiger partial charge in [-0.15, -0.1) is 0 Å². The molecule has 0 saturated heterocycles. The topological polar surface area (TPSA) is 35.6 Å². The number of benzene rings is 1. The molecular weight excluding hydrogens is 298 g/mol. The molecular formula is C20H33N3O. The third kappa shape index (κ3) is 5.02. The molecule has 1 amide bonds. The van der Waals surface area contributed by atoms with Crippen molar-refractivity contribution in [1.29, 1.82) is 0 Å². The Morgan fingerprint density at radius 2 is 1.38 bits per heavy atom. The molecule has 0 fully saturated rings. The first-order chi connectivity index (χ1) is 11.4. The average Bonchev–Trinajstić information content (AvgIpc) is 2.52. The fourth-order valence-electron chi connectivity index (χ4n) is 3.02. The van der Waals surface area contributed by atoms with Crippen LogP contribution in [0.25, 0.3) is 0 Å². The predicted molar refractivity (Wildman–Crippen MR) is 103 cm³/mol. The number of hydrogen-bond acceptors (Lipinski definition) is 3. The molecule has 0 saturated carbocycles. The van der Waals surface area contributed by atoms with E-state index in [9.17, 15) is 4.79 Å². The molecule has 0 bridgehead atoms. The van der Waals surface area contributed by atoms with Gasteiger partial charge in [0.05, 0.1) is 0 Å². The molecule has 0 unspecified atom stereocenters. The summed E-state index contributed by atoms with van der Waals surface area (Å²) < 4.78 is 0. The van der Waals surface area contributed by atoms with Crippen LogP contribution in [0.5, 0.6) is 0 Å². The minimum Gasteiger partial charge on any atom is -0.359 e. The van der Waals surface area contributed by atoms with E-state index in [1.54, 1.807) is 6.08 Å². The first-order valence-electron chi connectivity index (χ1n) is 8.98. The van der Waals surface area contributed by atoms with Crippen molar-refractivity contribution < 1.29 is 4.79 Å². The highest BCUT2D eigenvalue weighted by molar-refractivity contribution is 5.88. The van der Waals surface area contributed by atoms with Crippen molar-refractivity contribution in [3.05, 3.63) is 40.7 Å². The van der Waals surface area contributed by atoms with Crippen molar-refractivity contribution in [2.45, 2.75) is 48.5 Å². The van der Waals surface area contributed by atoms with Crippen LogP contribution < -0.4 is 5.32 Å². The van der Waals surface area contributed by atoms with Gasteiger partial charge >= 0.3 is 0 Å². The van der Waals surface area contributed by atoms with Crippen molar-refractivity contribution in [2.24, 2.45) is 0 Å². The van der Waals surface area contributed by atoms with Gasteiger partial charge in [0.15, 0.2) is 0 Å². The molecule has 4 heteroatoms. The lowest BCUT2D eigenvalue weighted by Gasteiger charge is -2.28. The molecule has 0 spiro atoms. The number of nitrogens with one attached hydrogen (secondary N) is 1. The maximum absolute atomic E-state index is 12.5. The van der Waals surface area contributed by atoms with E-state index in [1.165, 1.54) is 16.7 Å². The van der Waals surface area contributed by atoms with E-state index < -0.39 is 0 Å². The normalized spacial score (nSPS) is 11.4. The van der Waals surface area contributed by atoms with E-state index in [-0.39, 0.29) is 5.91 Å². The number of carbonyl (C=O) groups is 1. The summed E-state index contributed by atoms with van der Waals surface area (Å²) in [4.78, 5) is 16.6. The van der Waals surface area contributed by atoms with Gasteiger partial charge in [-0.2, -0.15) is 0 Å². The maximum Gasteiger partial charge on any atom is 0.250 e. The van der Waals surface area contributed by atoms with Crippen LogP contribution >= 0.6 is 0 Å². The summed E-state index contributed by atoms with van der Waals surface area (Å²) in [6.07, 6.45) is 1.73. The summed E-state index contributed by atoms with van der Waals surface area (Å²) in [6, 6.07) is 4.34. The third-order valence-corrected chi connectivity index (χ3v) is 4.37. The van der Waals surface area contributed by atoms with Gasteiger partial charge in [-0.05, 0) is 59.6 Å². The van der Waals surface area contributed by atoms with Crippen LogP contribution in [0, 0.1) is 20.8 Å². The van der Waals surface area contributed by atoms with E-state index >= 15 is 0 Å². The molecule has 0 heterocycles. The Kier molecular flexibility index (Phi) is 7.83. The van der Waals surface area contributed by atoms with Crippen LogP contribution in [0.4, 0.5) is 5.69 Å². The first kappa shape index (κ1) is 20.1. The quantitative estimate of drug-likeness (QED) is 0.729. The zero-order chi connectivity index (χ0) is 18.3. The molecule has 0 aliphatic heterocycles. The summed E-state index contributed by atoms with van der Waals surface area (Å²) in [5, 5.41) is 3.52. The Morgan fingerprint density at radius 1 is 0.917 bits per heavy atom. The molecule has 1 N–H and O–H groups in total. The molecule has 0 aliphatic carbocycles. The Hall–Kier alpha value is -1.97. The summed E-state index contributed by atoms with van der Waals surface area (Å²) >= 11 is 0. The van der Waals surface area contributed by atoms with Gasteiger partial charge in [-0.3, -0.25) is 4.79 Å². The SMILES string of the molecule is CCN(CC)C(=O)/C=C(/Nc1c(C)cc(C)cc1C)N(CC)CC. The maximum atomic E-state index is 12.5. The molecule has 1 aromatic carbocycles. The van der Waals surface area contributed by atoms with Gasteiger partial charge in [0, 0.05) is 37.9 Å². The van der Waals surface area contributed by atoms with E-state index in [1.807, 2.05) is 18.7 Å². The minimum atomic E-state index is 0.0526. The molecule has 24 heavy (non-hydrogen) atoms. The summed E-state index contributed by atoms with van der Waals surface area (Å²) in [5.74, 6) is 0.920. The van der Waals surface area contributed by atoms with Crippen LogP contribution in [0.1, 0.15) is 44.4 Å². The van der Waals surface area contributed by atoms with Gasteiger partial charge in [0.2, 0.25) is 5.91 Å². The summed E-state index contributed by atoms with van der Waals surface area (Å²) in [7, 11) is 0. The highest BCUT2D eigenvalue weighted by atomic mass is 16.2. The van der Waals surface area contributed by atoms with Crippen molar-refractivity contribution in [3.63, 3.8) is 0 Å². The number of amides is 1. The van der Waals surface area contributed by atoms with Gasteiger partial charge in [-0.25, -0.2) is 0 Å². The van der Waals surface area contributed by atoms with Gasteiger partial charge < -0.3 is 15.1 Å². The molecule has 1 aromatic rings. The molecule has 0 atom stereocenters. The van der Waals surface area contributed by atoms with E-state index in [0.29, 0.717) is 0 Å². The fourth-order valence-corrected chi connectivity index (χ4v) is 3.02. The van der Waals surface area contributed by atoms with Crippen LogP contribution in [0.2, 0.25) is 0 Å². The van der Waals surface area contributed by atoms with Crippen molar-refractivity contribution >= 4 is 11.6 Å². The van der Waals surface area contributed by atoms with Gasteiger partial charge in [-0.1, -0.05) is 17.7 Å². The number of nitrogens with zero attached hydrogens (tertiary/aromatic N) is 2. The van der Waals surface area contributed by atoms with Crippen molar-refractivity contribution in [2.75, 3.05) is 31.5 Å². The smallest absolute Gasteiger partial charge is 0.250 e. The predicted octanol–water partition coefficient (Wildman–Crippen LogP) is 4.08. The molecule has 0 radical (unpaired) electrons. The molecule has 0 aliphatic rings. The summed E-state index contributed by atoms with van der Waals surface area (Å²) in [5.41, 5.74) is 4.73. The second-order valence-corrected chi connectivity index (χ2v) is 6.11. The van der Waals surface area contributed by atoms with Crippen LogP contribution in [-0.4, -0.2) is 41.9 Å². The van der Waals surface area contributed by atoms with Crippen LogP contribution in [0.3, 0.4) is 0 Å². The molecule has 0 aromatic heterocycles. The Labute approximate surface area is 147 Å². The Morgan fingerprint density at radius 3 is 1.79 bits per heavy atom. The number of anilines is 1. The highest BCUT2D eigenvalue weighted by Gasteiger charge is 2.14. The number of hydrogen-bond donors (Lipinski definition) is 1. The van der Waals surface area contributed by atoms with E-state index in [4.69, 9.17) is 0 Å². The molecule has 134 valence electrons. The number of aryl methyl sites for hydroxylation is 3. The van der Waals surface area contributed by atoms with Gasteiger partial charge in [0.1, 0.15) is 5.82 Å². The van der Waals surface area contributed by atoms with Crippen LogP contribution in [-0.2, 0) is 4.79 Å². The van der Waals surface area contributed by atoms with E-state index in [2.05, 4.69) is 57.0 Å². The van der Waals surface area contributed by atoms with Crippen molar-refractivity contribution in [3.8, 4) is 0 Å². The lowest BCUT2D eigenvalue weighted by molar-refractivity contribution is -0.125. The second kappa shape index (κ2) is 9.36. The fraction of sp³-hybridized carbons (Fsp3) is 0.550. The zero-order valence-corrected chi connectivity index (χ0v) is 16.4. The first-order valence-corrected chi connectivity index (χ1v) is 8.98. The Balaban J connectivity index is 3.23. The largest absolute Gasteiger partial charge is 0.359 e. The lowest BCUT2D eigenvalue weighted by Crippen LogP contribution is -2.33. The standard InChI is InChI=1S/C20H33N3O/c1-8-22(9-2)18(14-19(24)23(10-3)11-4)21-20-16(6)12-15(5)13-17(20)7/h12-14,21H,8-11H2,1-7H3/b18-14-. The van der Waals surface area contributed by atoms with E-state index in [0.717, 1.165) is 37.7 Å². The Bertz CT molecular complexity index is 562. The molecule has 4 nitrogen and oxygen atoms in total. The number of likely N-dealkylation sites (N-methyl/N-ethyl adjacent to an activating group) is 1. The minimum absolute atomic E-state index is 0.0526. The second-order valence-electron chi connectivity index (χ2n) is 6.11. The zero-order valence-electron chi connectivity index (χ0n) is 16.4. The van der Waals surface area contributed by atoms with Crippen molar-refractivity contribution in [1.82, 2.24) is 9.80 Å². The highest BCUT2D eigenvalue weighted by Crippen LogP contribution is 2.24. The van der Waals surface area contributed by atoms with Crippen LogP contribution in [0.15, 0.2) is 24.0 Å². The number of carbonyl (C=O) groups excluding carboxylic acids is 1. The lowest BCUT2D eigenvalue weighted by atomic mass is 10.1. The average molecular weight is 332 g/mol. The van der Waals surface area contributed by atoms with Gasteiger partial charge in [0.25, 0.3) is 0 Å². The summed E-state index contributed by atoms with van der Waals surface area (Å²) in [6.45, 7) is 17.7. The molecule has 1 rings (SSSR count).